The third kappa shape index (κ3) is 5.02. The number of Topliss-reactive ketones (excluding diaryl/α,β-unsaturated/α-hetero) is 1. The molecule has 0 bridgehead atoms. The number of nitrogens with one attached hydrogen (secondary N) is 1. The highest BCUT2D eigenvalue weighted by molar-refractivity contribution is 9.10. The third-order valence-corrected chi connectivity index (χ3v) is 6.61. The molecule has 0 saturated heterocycles. The lowest BCUT2D eigenvalue weighted by molar-refractivity contribution is -0.138. The van der Waals surface area contributed by atoms with Crippen molar-refractivity contribution in [2.24, 2.45) is 0 Å². The SMILES string of the molecule is CCOC(=O)C1=C(C)NC2=C(C(=O)CCC2)C1c1cc(Br)ccc1OCc1ccc(Cl)cc1. The molecule has 0 aromatic heterocycles. The zero-order valence-corrected chi connectivity index (χ0v) is 20.9. The van der Waals surface area contributed by atoms with E-state index in [0.717, 1.165) is 34.1 Å². The van der Waals surface area contributed by atoms with Crippen LogP contribution in [0.5, 0.6) is 5.75 Å². The molecule has 4 rings (SSSR count). The Balaban J connectivity index is 1.80. The predicted octanol–water partition coefficient (Wildman–Crippen LogP) is 6.21. The molecule has 1 unspecified atom stereocenters. The maximum absolute atomic E-state index is 13.1. The van der Waals surface area contributed by atoms with Gasteiger partial charge in [-0.3, -0.25) is 4.79 Å². The Morgan fingerprint density at radius 1 is 1.18 bits per heavy atom. The van der Waals surface area contributed by atoms with Gasteiger partial charge < -0.3 is 14.8 Å². The van der Waals surface area contributed by atoms with Crippen LogP contribution in [0.3, 0.4) is 0 Å². The smallest absolute Gasteiger partial charge is 0.336 e. The fourth-order valence-corrected chi connectivity index (χ4v) is 4.90. The molecule has 7 heteroatoms. The summed E-state index contributed by atoms with van der Waals surface area (Å²) in [5.41, 5.74) is 4.38. The Morgan fingerprint density at radius 3 is 2.67 bits per heavy atom. The first kappa shape index (κ1) is 23.6. The van der Waals surface area contributed by atoms with Gasteiger partial charge in [-0.1, -0.05) is 39.7 Å². The molecule has 2 aromatic rings. The Hall–Kier alpha value is -2.57. The highest BCUT2D eigenvalue weighted by Gasteiger charge is 2.40. The van der Waals surface area contributed by atoms with E-state index in [1.165, 1.54) is 0 Å². The summed E-state index contributed by atoms with van der Waals surface area (Å²) in [4.78, 5) is 26.2. The van der Waals surface area contributed by atoms with Gasteiger partial charge >= 0.3 is 5.97 Å². The average molecular weight is 531 g/mol. The number of ketones is 1. The van der Waals surface area contributed by atoms with E-state index in [2.05, 4.69) is 21.2 Å². The van der Waals surface area contributed by atoms with Crippen molar-refractivity contribution in [3.63, 3.8) is 0 Å². The highest BCUT2D eigenvalue weighted by Crippen LogP contribution is 2.46. The molecule has 172 valence electrons. The number of esters is 1. The van der Waals surface area contributed by atoms with Gasteiger partial charge in [-0.05, 0) is 62.6 Å². The van der Waals surface area contributed by atoms with Gasteiger partial charge in [-0.2, -0.15) is 0 Å². The van der Waals surface area contributed by atoms with E-state index >= 15 is 0 Å². The predicted molar refractivity (Wildman–Crippen MR) is 131 cm³/mol. The van der Waals surface area contributed by atoms with Crippen molar-refractivity contribution in [2.45, 2.75) is 45.6 Å². The van der Waals surface area contributed by atoms with Crippen molar-refractivity contribution in [3.05, 3.63) is 85.6 Å². The topological polar surface area (TPSA) is 64.6 Å². The van der Waals surface area contributed by atoms with Crippen LogP contribution in [-0.2, 0) is 20.9 Å². The zero-order chi connectivity index (χ0) is 23.5. The number of benzene rings is 2. The van der Waals surface area contributed by atoms with Gasteiger partial charge in [0.05, 0.1) is 18.1 Å². The van der Waals surface area contributed by atoms with Crippen molar-refractivity contribution < 1.29 is 19.1 Å². The van der Waals surface area contributed by atoms with Crippen molar-refractivity contribution in [3.8, 4) is 5.75 Å². The van der Waals surface area contributed by atoms with E-state index in [1.54, 1.807) is 6.92 Å². The number of allylic oxidation sites excluding steroid dienone is 3. The van der Waals surface area contributed by atoms with Gasteiger partial charge in [-0.15, -0.1) is 0 Å². The molecule has 2 aromatic carbocycles. The summed E-state index contributed by atoms with van der Waals surface area (Å²) in [5.74, 6) is -0.335. The van der Waals surface area contributed by atoms with Crippen molar-refractivity contribution in [1.82, 2.24) is 5.32 Å². The second-order valence-corrected chi connectivity index (χ2v) is 9.44. The van der Waals surface area contributed by atoms with E-state index in [0.29, 0.717) is 40.6 Å². The zero-order valence-electron chi connectivity index (χ0n) is 18.5. The van der Waals surface area contributed by atoms with Crippen LogP contribution in [0, 0.1) is 0 Å². The molecule has 1 atom stereocenters. The van der Waals surface area contributed by atoms with Crippen molar-refractivity contribution in [1.29, 1.82) is 0 Å². The number of hydrogen-bond acceptors (Lipinski definition) is 5. The molecule has 0 amide bonds. The number of carbonyl (C=O) groups is 2. The molecule has 1 heterocycles. The number of carbonyl (C=O) groups excluding carboxylic acids is 2. The number of halogens is 2. The summed E-state index contributed by atoms with van der Waals surface area (Å²) in [7, 11) is 0. The Bertz CT molecular complexity index is 1150. The lowest BCUT2D eigenvalue weighted by Crippen LogP contribution is -2.34. The number of hydrogen-bond donors (Lipinski definition) is 1. The summed E-state index contributed by atoms with van der Waals surface area (Å²) in [6, 6.07) is 13.1. The highest BCUT2D eigenvalue weighted by atomic mass is 79.9. The van der Waals surface area contributed by atoms with Crippen LogP contribution >= 0.6 is 27.5 Å². The summed E-state index contributed by atoms with van der Waals surface area (Å²) >= 11 is 9.55. The minimum absolute atomic E-state index is 0.0478. The molecule has 0 radical (unpaired) electrons. The van der Waals surface area contributed by atoms with Crippen molar-refractivity contribution >= 4 is 39.3 Å². The summed E-state index contributed by atoms with van der Waals surface area (Å²) in [5, 5.41) is 3.97. The van der Waals surface area contributed by atoms with Gasteiger partial charge in [0.15, 0.2) is 5.78 Å². The molecule has 2 aliphatic rings. The molecule has 0 fully saturated rings. The van der Waals surface area contributed by atoms with E-state index in [-0.39, 0.29) is 12.4 Å². The minimum Gasteiger partial charge on any atom is -0.489 e. The summed E-state index contributed by atoms with van der Waals surface area (Å²) < 4.78 is 12.4. The van der Waals surface area contributed by atoms with Crippen LogP contribution in [0.4, 0.5) is 0 Å². The second-order valence-electron chi connectivity index (χ2n) is 8.08. The van der Waals surface area contributed by atoms with E-state index in [4.69, 9.17) is 21.1 Å². The molecule has 0 spiro atoms. The first-order valence-corrected chi connectivity index (χ1v) is 12.1. The van der Waals surface area contributed by atoms with E-state index in [9.17, 15) is 9.59 Å². The lowest BCUT2D eigenvalue weighted by Gasteiger charge is -2.34. The minimum atomic E-state index is -0.564. The fraction of sp³-hybridized carbons (Fsp3) is 0.308. The van der Waals surface area contributed by atoms with Crippen LogP contribution in [0.25, 0.3) is 0 Å². The molecule has 5 nitrogen and oxygen atoms in total. The van der Waals surface area contributed by atoms with Gasteiger partial charge in [0.2, 0.25) is 0 Å². The molecule has 1 aliphatic heterocycles. The molecular weight excluding hydrogens is 506 g/mol. The van der Waals surface area contributed by atoms with Gasteiger partial charge in [0, 0.05) is 38.4 Å². The third-order valence-electron chi connectivity index (χ3n) is 5.86. The number of dihydropyridines is 1. The van der Waals surface area contributed by atoms with Gasteiger partial charge in [0.1, 0.15) is 12.4 Å². The fourth-order valence-electron chi connectivity index (χ4n) is 4.39. The van der Waals surface area contributed by atoms with Crippen LogP contribution in [0.2, 0.25) is 5.02 Å². The standard InChI is InChI=1S/C26H25BrClNO4/c1-3-32-26(31)23-15(2)29-20-5-4-6-21(30)25(20)24(23)19-13-17(27)9-12-22(19)33-14-16-7-10-18(28)11-8-16/h7-13,24,29H,3-6,14H2,1-2H3. The van der Waals surface area contributed by atoms with Crippen molar-refractivity contribution in [2.75, 3.05) is 6.61 Å². The number of ether oxygens (including phenoxy) is 2. The molecule has 1 aliphatic carbocycles. The quantitative estimate of drug-likeness (QED) is 0.450. The van der Waals surface area contributed by atoms with E-state index < -0.39 is 11.9 Å². The van der Waals surface area contributed by atoms with Crippen LogP contribution in [-0.4, -0.2) is 18.4 Å². The normalized spacial score (nSPS) is 18.1. The Morgan fingerprint density at radius 2 is 1.94 bits per heavy atom. The van der Waals surface area contributed by atoms with Gasteiger partial charge in [0.25, 0.3) is 0 Å². The van der Waals surface area contributed by atoms with Gasteiger partial charge in [-0.25, -0.2) is 4.79 Å². The molecule has 0 saturated carbocycles. The monoisotopic (exact) mass is 529 g/mol. The van der Waals surface area contributed by atoms with Crippen LogP contribution < -0.4 is 10.1 Å². The molecule has 1 N–H and O–H groups in total. The first-order valence-electron chi connectivity index (χ1n) is 11.0. The molecule has 33 heavy (non-hydrogen) atoms. The van der Waals surface area contributed by atoms with Crippen LogP contribution in [0.1, 0.15) is 50.2 Å². The maximum Gasteiger partial charge on any atom is 0.336 e. The molecular formula is C26H25BrClNO4. The van der Waals surface area contributed by atoms with Crippen LogP contribution in [0.15, 0.2) is 69.5 Å². The average Bonchev–Trinajstić information content (AvgIpc) is 2.78. The summed E-state index contributed by atoms with van der Waals surface area (Å²) in [6.07, 6.45) is 2.01. The maximum atomic E-state index is 13.1. The number of rotatable bonds is 6. The largest absolute Gasteiger partial charge is 0.489 e. The first-order chi connectivity index (χ1) is 15.9. The Labute approximate surface area is 206 Å². The summed E-state index contributed by atoms with van der Waals surface area (Å²) in [6.45, 7) is 4.21. The second kappa shape index (κ2) is 10.1. The Kier molecular flexibility index (Phi) is 7.25. The lowest BCUT2D eigenvalue weighted by atomic mass is 9.75. The van der Waals surface area contributed by atoms with E-state index in [1.807, 2.05) is 49.4 Å².